The zero-order valence-electron chi connectivity index (χ0n) is 13.8. The molecule has 0 spiro atoms. The molecule has 3 aliphatic rings. The Morgan fingerprint density at radius 2 is 1.92 bits per heavy atom. The molecule has 2 heterocycles. The summed E-state index contributed by atoms with van der Waals surface area (Å²) in [5, 5.41) is 0. The molecule has 0 aromatic rings. The summed E-state index contributed by atoms with van der Waals surface area (Å²) < 4.78 is 0. The van der Waals surface area contributed by atoms with Gasteiger partial charge in [-0.1, -0.05) is 18.2 Å². The topological polar surface area (TPSA) is 113 Å². The maximum absolute atomic E-state index is 12.4. The summed E-state index contributed by atoms with van der Waals surface area (Å²) in [5.41, 5.74) is 5.72. The second kappa shape index (κ2) is 7.00. The van der Waals surface area contributed by atoms with Crippen molar-refractivity contribution in [3.05, 3.63) is 24.3 Å². The number of hydrogen-bond acceptors (Lipinski definition) is 4. The van der Waals surface area contributed by atoms with Gasteiger partial charge in [0.1, 0.15) is 0 Å². The number of amides is 5. The van der Waals surface area contributed by atoms with E-state index in [1.54, 1.807) is 29.2 Å². The van der Waals surface area contributed by atoms with Crippen molar-refractivity contribution in [3.8, 4) is 0 Å². The fourth-order valence-corrected chi connectivity index (χ4v) is 3.27. The Bertz CT molecular complexity index is 701. The summed E-state index contributed by atoms with van der Waals surface area (Å²) in [5.74, 6) is -1.56. The average molecular weight is 344 g/mol. The van der Waals surface area contributed by atoms with Gasteiger partial charge in [0.25, 0.3) is 0 Å². The molecule has 132 valence electrons. The van der Waals surface area contributed by atoms with E-state index in [9.17, 15) is 19.2 Å². The van der Waals surface area contributed by atoms with Crippen LogP contribution in [0.1, 0.15) is 19.3 Å². The van der Waals surface area contributed by atoms with Crippen molar-refractivity contribution >= 4 is 29.5 Å². The number of aliphatic imine (C=N–C) groups is 1. The van der Waals surface area contributed by atoms with Crippen molar-refractivity contribution < 1.29 is 19.2 Å². The van der Waals surface area contributed by atoms with Crippen LogP contribution in [0.15, 0.2) is 29.3 Å². The molecule has 2 aliphatic heterocycles. The van der Waals surface area contributed by atoms with Gasteiger partial charge in [0, 0.05) is 32.0 Å². The first-order valence-electron chi connectivity index (χ1n) is 8.33. The number of nitrogens with zero attached hydrogens (tertiary/aromatic N) is 3. The third-order valence-corrected chi connectivity index (χ3v) is 4.79. The van der Waals surface area contributed by atoms with E-state index in [1.165, 1.54) is 0 Å². The Morgan fingerprint density at radius 3 is 2.60 bits per heavy atom. The molecule has 0 saturated carbocycles. The van der Waals surface area contributed by atoms with Crippen LogP contribution in [0.3, 0.4) is 0 Å². The smallest absolute Gasteiger partial charge is 0.350 e. The molecule has 0 radical (unpaired) electrons. The van der Waals surface area contributed by atoms with Gasteiger partial charge in [0.05, 0.1) is 11.6 Å². The first-order valence-corrected chi connectivity index (χ1v) is 8.33. The lowest BCUT2D eigenvalue weighted by molar-refractivity contribution is -0.136. The predicted molar refractivity (Wildman–Crippen MR) is 89.4 cm³/mol. The number of fused-ring (bicyclic) bond motifs is 1. The van der Waals surface area contributed by atoms with E-state index in [0.29, 0.717) is 31.6 Å². The highest BCUT2D eigenvalue weighted by atomic mass is 16.2. The minimum absolute atomic E-state index is 0.0110. The zero-order chi connectivity index (χ0) is 18.0. The molecule has 0 aromatic carbocycles. The van der Waals surface area contributed by atoms with Crippen LogP contribution < -0.4 is 5.73 Å². The summed E-state index contributed by atoms with van der Waals surface area (Å²) >= 11 is 0. The molecule has 25 heavy (non-hydrogen) atoms. The third kappa shape index (κ3) is 3.52. The Kier molecular flexibility index (Phi) is 4.78. The molecule has 3 rings (SSSR count). The Hall–Kier alpha value is -2.77. The zero-order valence-corrected chi connectivity index (χ0v) is 13.8. The monoisotopic (exact) mass is 344 g/mol. The third-order valence-electron chi connectivity index (χ3n) is 4.79. The number of carbonyl (C=O) groups is 4. The van der Waals surface area contributed by atoms with Crippen LogP contribution in [0, 0.1) is 11.8 Å². The van der Waals surface area contributed by atoms with E-state index in [2.05, 4.69) is 4.99 Å². The number of carbonyl (C=O) groups excluding carboxylic acids is 4. The molecule has 0 aromatic heterocycles. The van der Waals surface area contributed by atoms with Crippen molar-refractivity contribution in [3.63, 3.8) is 0 Å². The van der Waals surface area contributed by atoms with Crippen LogP contribution in [-0.2, 0) is 14.4 Å². The van der Waals surface area contributed by atoms with Gasteiger partial charge in [-0.3, -0.25) is 19.3 Å². The van der Waals surface area contributed by atoms with Crippen molar-refractivity contribution in [2.24, 2.45) is 22.6 Å². The molecule has 2 N–H and O–H groups in total. The quantitative estimate of drug-likeness (QED) is 0.787. The fourth-order valence-electron chi connectivity index (χ4n) is 3.27. The fraction of sp³-hybridized carbons (Fsp3) is 0.471. The second-order valence-electron chi connectivity index (χ2n) is 6.34. The number of hydrogen-bond donors (Lipinski definition) is 1. The summed E-state index contributed by atoms with van der Waals surface area (Å²) in [7, 11) is 0. The van der Waals surface area contributed by atoms with Gasteiger partial charge in [-0.15, -0.1) is 0 Å². The van der Waals surface area contributed by atoms with E-state index in [4.69, 9.17) is 5.73 Å². The Labute approximate surface area is 145 Å². The summed E-state index contributed by atoms with van der Waals surface area (Å²) in [4.78, 5) is 54.6. The highest BCUT2D eigenvalue weighted by Gasteiger charge is 2.36. The SMILES string of the molecule is NC(=O)C1CCN(C(=O)CCN2C(=O)N=C3C=CC=CC3C2=O)CC1. The lowest BCUT2D eigenvalue weighted by atomic mass is 9.95. The van der Waals surface area contributed by atoms with Crippen LogP contribution >= 0.6 is 0 Å². The minimum atomic E-state index is -0.628. The highest BCUT2D eigenvalue weighted by Crippen LogP contribution is 2.21. The summed E-state index contributed by atoms with van der Waals surface area (Å²) in [6, 6.07) is -0.628. The van der Waals surface area contributed by atoms with E-state index in [1.807, 2.05) is 0 Å². The number of likely N-dealkylation sites (tertiary alicyclic amines) is 1. The molecule has 5 amide bonds. The van der Waals surface area contributed by atoms with Gasteiger partial charge < -0.3 is 10.6 Å². The van der Waals surface area contributed by atoms with Crippen LogP contribution in [0.5, 0.6) is 0 Å². The van der Waals surface area contributed by atoms with Crippen molar-refractivity contribution in [2.45, 2.75) is 19.3 Å². The Morgan fingerprint density at radius 1 is 1.20 bits per heavy atom. The van der Waals surface area contributed by atoms with E-state index >= 15 is 0 Å². The number of imide groups is 1. The molecule has 1 aliphatic carbocycles. The van der Waals surface area contributed by atoms with E-state index in [0.717, 1.165) is 4.90 Å². The maximum atomic E-state index is 12.4. The van der Waals surface area contributed by atoms with Crippen LogP contribution in [0.2, 0.25) is 0 Å². The molecule has 1 atom stereocenters. The largest absolute Gasteiger partial charge is 0.369 e. The van der Waals surface area contributed by atoms with Crippen LogP contribution in [0.4, 0.5) is 4.79 Å². The second-order valence-corrected chi connectivity index (χ2v) is 6.34. The summed E-state index contributed by atoms with van der Waals surface area (Å²) in [6.07, 6.45) is 7.96. The van der Waals surface area contributed by atoms with E-state index < -0.39 is 11.9 Å². The first kappa shape index (κ1) is 17.1. The van der Waals surface area contributed by atoms with Crippen molar-refractivity contribution in [2.75, 3.05) is 19.6 Å². The molecule has 8 heteroatoms. The number of rotatable bonds is 4. The normalized spacial score (nSPS) is 23.5. The molecule has 8 nitrogen and oxygen atoms in total. The van der Waals surface area contributed by atoms with Gasteiger partial charge in [-0.25, -0.2) is 4.79 Å². The highest BCUT2D eigenvalue weighted by molar-refractivity contribution is 6.21. The predicted octanol–water partition coefficient (Wildman–Crippen LogP) is 0.246. The number of nitrogens with two attached hydrogens (primary N) is 1. The minimum Gasteiger partial charge on any atom is -0.369 e. The van der Waals surface area contributed by atoms with Gasteiger partial charge >= 0.3 is 6.03 Å². The van der Waals surface area contributed by atoms with Crippen LogP contribution in [-0.4, -0.2) is 58.9 Å². The lowest BCUT2D eigenvalue weighted by Crippen LogP contribution is -2.48. The standard InChI is InChI=1S/C17H20N4O4/c18-15(23)11-5-8-20(9-6-11)14(22)7-10-21-16(24)12-3-1-2-4-13(12)19-17(21)25/h1-4,11-12H,5-10H2,(H2,18,23). The van der Waals surface area contributed by atoms with E-state index in [-0.39, 0.29) is 36.6 Å². The number of urea groups is 1. The molecular weight excluding hydrogens is 324 g/mol. The average Bonchev–Trinajstić information content (AvgIpc) is 2.61. The molecule has 1 saturated heterocycles. The maximum Gasteiger partial charge on any atom is 0.350 e. The van der Waals surface area contributed by atoms with Gasteiger partial charge in [0.2, 0.25) is 17.7 Å². The first-order chi connectivity index (χ1) is 12.0. The van der Waals surface area contributed by atoms with Gasteiger partial charge in [-0.05, 0) is 18.9 Å². The number of allylic oxidation sites excluding steroid dienone is 3. The molecule has 1 unspecified atom stereocenters. The summed E-state index contributed by atoms with van der Waals surface area (Å²) in [6.45, 7) is 0.941. The molecular formula is C17H20N4O4. The lowest BCUT2D eigenvalue weighted by Gasteiger charge is -2.32. The molecule has 1 fully saturated rings. The van der Waals surface area contributed by atoms with Gasteiger partial charge in [-0.2, -0.15) is 4.99 Å². The van der Waals surface area contributed by atoms with Crippen molar-refractivity contribution in [1.29, 1.82) is 0 Å². The van der Waals surface area contributed by atoms with Crippen LogP contribution in [0.25, 0.3) is 0 Å². The molecule has 0 bridgehead atoms. The van der Waals surface area contributed by atoms with Gasteiger partial charge in [0.15, 0.2) is 0 Å². The number of primary amides is 1. The Balaban J connectivity index is 1.56. The van der Waals surface area contributed by atoms with Crippen molar-refractivity contribution in [1.82, 2.24) is 9.80 Å². The number of piperidine rings is 1.